The summed E-state index contributed by atoms with van der Waals surface area (Å²) < 4.78 is 1.74. The Balaban J connectivity index is 2.39. The Morgan fingerprint density at radius 3 is 2.58 bits per heavy atom. The first-order chi connectivity index (χ1) is 11.3. The first kappa shape index (κ1) is 18.0. The van der Waals surface area contributed by atoms with Crippen LogP contribution in [-0.2, 0) is 6.54 Å². The van der Waals surface area contributed by atoms with Gasteiger partial charge in [-0.3, -0.25) is 9.48 Å². The van der Waals surface area contributed by atoms with Crippen LogP contribution in [-0.4, -0.2) is 33.3 Å². The number of rotatable bonds is 6. The van der Waals surface area contributed by atoms with E-state index in [1.165, 1.54) is 18.2 Å². The van der Waals surface area contributed by atoms with Gasteiger partial charge in [-0.1, -0.05) is 25.4 Å². The molecule has 6 nitrogen and oxygen atoms in total. The Bertz CT molecular complexity index is 755. The highest BCUT2D eigenvalue weighted by Gasteiger charge is 2.23. The molecule has 128 valence electrons. The number of amides is 1. The van der Waals surface area contributed by atoms with Gasteiger partial charge in [-0.2, -0.15) is 5.10 Å². The van der Waals surface area contributed by atoms with Gasteiger partial charge >= 0.3 is 5.97 Å². The molecule has 1 aromatic heterocycles. The number of aromatic nitrogens is 2. The Morgan fingerprint density at radius 1 is 1.38 bits per heavy atom. The number of aryl methyl sites for hydroxylation is 1. The fourth-order valence-corrected chi connectivity index (χ4v) is 2.56. The van der Waals surface area contributed by atoms with Crippen molar-refractivity contribution in [3.8, 4) is 0 Å². The standard InChI is InChI=1S/C17H20ClN3O3/c1-4-20-10-13(8-19-20)21(9-11(2)3)16(22)14-6-5-12(17(23)24)7-15(14)18/h5-8,10-11H,4,9H2,1-3H3,(H,23,24). The lowest BCUT2D eigenvalue weighted by atomic mass is 10.1. The zero-order valence-corrected chi connectivity index (χ0v) is 14.6. The van der Waals surface area contributed by atoms with Crippen LogP contribution in [0, 0.1) is 5.92 Å². The monoisotopic (exact) mass is 349 g/mol. The van der Waals surface area contributed by atoms with E-state index in [2.05, 4.69) is 5.10 Å². The number of hydrogen-bond acceptors (Lipinski definition) is 3. The Labute approximate surface area is 145 Å². The van der Waals surface area contributed by atoms with Gasteiger partial charge in [-0.05, 0) is 31.0 Å². The number of aromatic carboxylic acids is 1. The van der Waals surface area contributed by atoms with Crippen molar-refractivity contribution < 1.29 is 14.7 Å². The van der Waals surface area contributed by atoms with E-state index in [-0.39, 0.29) is 28.0 Å². The van der Waals surface area contributed by atoms with Gasteiger partial charge in [0.25, 0.3) is 5.91 Å². The second kappa shape index (κ2) is 7.49. The molecule has 0 atom stereocenters. The van der Waals surface area contributed by atoms with E-state index < -0.39 is 5.97 Å². The summed E-state index contributed by atoms with van der Waals surface area (Å²) in [7, 11) is 0. The molecule has 0 radical (unpaired) electrons. The van der Waals surface area contributed by atoms with Crippen LogP contribution >= 0.6 is 11.6 Å². The second-order valence-electron chi connectivity index (χ2n) is 5.86. The van der Waals surface area contributed by atoms with Crippen LogP contribution in [0.15, 0.2) is 30.6 Å². The Hall–Kier alpha value is -2.34. The SMILES string of the molecule is CCn1cc(N(CC(C)C)C(=O)c2ccc(C(=O)O)cc2Cl)cn1. The van der Waals surface area contributed by atoms with E-state index in [9.17, 15) is 9.59 Å². The summed E-state index contributed by atoms with van der Waals surface area (Å²) in [6.45, 7) is 7.20. The molecule has 0 saturated heterocycles. The highest BCUT2D eigenvalue weighted by atomic mass is 35.5. The predicted octanol–water partition coefficient (Wildman–Crippen LogP) is 3.56. The summed E-state index contributed by atoms with van der Waals surface area (Å²) in [5.41, 5.74) is 1.01. The molecule has 2 rings (SSSR count). The normalized spacial score (nSPS) is 10.9. The molecule has 7 heteroatoms. The van der Waals surface area contributed by atoms with Crippen LogP contribution in [0.4, 0.5) is 5.69 Å². The van der Waals surface area contributed by atoms with Crippen LogP contribution in [0.2, 0.25) is 5.02 Å². The van der Waals surface area contributed by atoms with Gasteiger partial charge in [-0.15, -0.1) is 0 Å². The highest BCUT2D eigenvalue weighted by molar-refractivity contribution is 6.34. The van der Waals surface area contributed by atoms with Gasteiger partial charge in [0.1, 0.15) is 0 Å². The molecule has 0 saturated carbocycles. The molecule has 1 heterocycles. The van der Waals surface area contributed by atoms with Crippen LogP contribution in [0.5, 0.6) is 0 Å². The van der Waals surface area contributed by atoms with Crippen molar-refractivity contribution in [2.45, 2.75) is 27.3 Å². The molecule has 0 aliphatic heterocycles. The van der Waals surface area contributed by atoms with Crippen LogP contribution in [0.25, 0.3) is 0 Å². The van der Waals surface area contributed by atoms with E-state index in [0.717, 1.165) is 0 Å². The number of hydrogen-bond donors (Lipinski definition) is 1. The summed E-state index contributed by atoms with van der Waals surface area (Å²) in [6.07, 6.45) is 3.45. The third-order valence-corrected chi connectivity index (χ3v) is 3.81. The number of carboxylic acids is 1. The molecule has 1 amide bonds. The predicted molar refractivity (Wildman–Crippen MR) is 92.8 cm³/mol. The minimum absolute atomic E-state index is 0.0470. The fourth-order valence-electron chi connectivity index (χ4n) is 2.30. The molecule has 0 bridgehead atoms. The van der Waals surface area contributed by atoms with E-state index in [4.69, 9.17) is 16.7 Å². The third kappa shape index (κ3) is 3.94. The first-order valence-electron chi connectivity index (χ1n) is 7.70. The first-order valence-corrected chi connectivity index (χ1v) is 8.08. The van der Waals surface area contributed by atoms with Crippen molar-refractivity contribution in [1.82, 2.24) is 9.78 Å². The average Bonchev–Trinajstić information content (AvgIpc) is 3.00. The molecular formula is C17H20ClN3O3. The quantitative estimate of drug-likeness (QED) is 0.865. The second-order valence-corrected chi connectivity index (χ2v) is 6.27. The average molecular weight is 350 g/mol. The van der Waals surface area contributed by atoms with Crippen molar-refractivity contribution in [3.63, 3.8) is 0 Å². The lowest BCUT2D eigenvalue weighted by Gasteiger charge is -2.23. The van der Waals surface area contributed by atoms with Crippen LogP contribution in [0.1, 0.15) is 41.5 Å². The van der Waals surface area contributed by atoms with Crippen LogP contribution in [0.3, 0.4) is 0 Å². The number of carbonyl (C=O) groups excluding carboxylic acids is 1. The number of carbonyl (C=O) groups is 2. The molecule has 1 aromatic carbocycles. The summed E-state index contributed by atoms with van der Waals surface area (Å²) in [6, 6.07) is 4.12. The van der Waals surface area contributed by atoms with Crippen LogP contribution < -0.4 is 4.90 Å². The fraction of sp³-hybridized carbons (Fsp3) is 0.353. The van der Waals surface area contributed by atoms with E-state index in [1.54, 1.807) is 22.0 Å². The zero-order valence-electron chi connectivity index (χ0n) is 13.9. The molecule has 0 fully saturated rings. The number of halogens is 1. The maximum Gasteiger partial charge on any atom is 0.335 e. The summed E-state index contributed by atoms with van der Waals surface area (Å²) in [4.78, 5) is 25.6. The Morgan fingerprint density at radius 2 is 2.08 bits per heavy atom. The van der Waals surface area contributed by atoms with Crippen molar-refractivity contribution in [2.24, 2.45) is 5.92 Å². The summed E-state index contributed by atoms with van der Waals surface area (Å²) in [5, 5.41) is 13.3. The summed E-state index contributed by atoms with van der Waals surface area (Å²) in [5.74, 6) is -1.11. The van der Waals surface area contributed by atoms with Crippen molar-refractivity contribution in [3.05, 3.63) is 46.7 Å². The van der Waals surface area contributed by atoms with Crippen molar-refractivity contribution in [1.29, 1.82) is 0 Å². The van der Waals surface area contributed by atoms with Crippen molar-refractivity contribution in [2.75, 3.05) is 11.4 Å². The third-order valence-electron chi connectivity index (χ3n) is 3.49. The van der Waals surface area contributed by atoms with Gasteiger partial charge in [0.05, 0.1) is 28.0 Å². The number of carboxylic acid groups (broad SMARTS) is 1. The molecule has 0 spiro atoms. The highest BCUT2D eigenvalue weighted by Crippen LogP contribution is 2.24. The van der Waals surface area contributed by atoms with E-state index in [0.29, 0.717) is 18.8 Å². The molecule has 2 aromatic rings. The topological polar surface area (TPSA) is 75.4 Å². The molecule has 24 heavy (non-hydrogen) atoms. The Kier molecular flexibility index (Phi) is 5.62. The maximum absolute atomic E-state index is 12.9. The number of benzene rings is 1. The lowest BCUT2D eigenvalue weighted by molar-refractivity contribution is 0.0696. The van der Waals surface area contributed by atoms with Gasteiger partial charge < -0.3 is 10.0 Å². The van der Waals surface area contributed by atoms with E-state index in [1.807, 2.05) is 20.8 Å². The molecule has 0 aliphatic rings. The lowest BCUT2D eigenvalue weighted by Crippen LogP contribution is -2.34. The molecule has 0 unspecified atom stereocenters. The molecule has 1 N–H and O–H groups in total. The largest absolute Gasteiger partial charge is 0.478 e. The molecule has 0 aliphatic carbocycles. The summed E-state index contributed by atoms with van der Waals surface area (Å²) >= 11 is 6.14. The number of nitrogens with zero attached hydrogens (tertiary/aromatic N) is 3. The molecular weight excluding hydrogens is 330 g/mol. The maximum atomic E-state index is 12.9. The van der Waals surface area contributed by atoms with Gasteiger partial charge in [-0.25, -0.2) is 4.79 Å². The van der Waals surface area contributed by atoms with Crippen molar-refractivity contribution >= 4 is 29.2 Å². The smallest absolute Gasteiger partial charge is 0.335 e. The van der Waals surface area contributed by atoms with Gasteiger partial charge in [0.2, 0.25) is 0 Å². The minimum Gasteiger partial charge on any atom is -0.478 e. The minimum atomic E-state index is -1.08. The van der Waals surface area contributed by atoms with E-state index >= 15 is 0 Å². The van der Waals surface area contributed by atoms with Gasteiger partial charge in [0, 0.05) is 19.3 Å². The number of anilines is 1. The zero-order chi connectivity index (χ0) is 17.9. The van der Waals surface area contributed by atoms with Gasteiger partial charge in [0.15, 0.2) is 0 Å².